The molecule has 0 bridgehead atoms. The Kier molecular flexibility index (Phi) is 6.66. The maximum Gasteiger partial charge on any atom is 0.434 e. The lowest BCUT2D eigenvalue weighted by Crippen LogP contribution is -2.52. The first-order valence-corrected chi connectivity index (χ1v) is 10.1. The van der Waals surface area contributed by atoms with Gasteiger partial charge in [0.15, 0.2) is 11.7 Å². The Balaban J connectivity index is 1.48. The van der Waals surface area contributed by atoms with Gasteiger partial charge in [0.25, 0.3) is 0 Å². The molecule has 0 amide bonds. The van der Waals surface area contributed by atoms with Gasteiger partial charge in [-0.1, -0.05) is 17.7 Å². The molecule has 0 atom stereocenters. The molecule has 0 saturated carbocycles. The number of anilines is 1. The number of alkyl halides is 3. The second kappa shape index (κ2) is 9.00. The summed E-state index contributed by atoms with van der Waals surface area (Å²) in [4.78, 5) is 12.4. The van der Waals surface area contributed by atoms with Crippen LogP contribution in [0.2, 0.25) is 5.02 Å². The number of aliphatic imine (C=N–C) groups is 1. The number of thiazole rings is 1. The Morgan fingerprint density at radius 3 is 2.64 bits per heavy atom. The predicted molar refractivity (Wildman–Crippen MR) is 107 cm³/mol. The van der Waals surface area contributed by atoms with Gasteiger partial charge in [-0.05, 0) is 18.2 Å². The maximum absolute atomic E-state index is 12.6. The number of guanidine groups is 1. The second-order valence-corrected chi connectivity index (χ2v) is 7.68. The van der Waals surface area contributed by atoms with Crippen LogP contribution in [0.3, 0.4) is 0 Å². The van der Waals surface area contributed by atoms with Crippen molar-refractivity contribution in [2.75, 3.05) is 44.7 Å². The monoisotopic (exact) mass is 431 g/mol. The average Bonchev–Trinajstić information content (AvgIpc) is 3.15. The summed E-state index contributed by atoms with van der Waals surface area (Å²) in [7, 11) is 1.71. The second-order valence-electron chi connectivity index (χ2n) is 6.30. The molecular formula is C18H21ClF3N5S. The summed E-state index contributed by atoms with van der Waals surface area (Å²) < 4.78 is 37.9. The summed E-state index contributed by atoms with van der Waals surface area (Å²) in [6, 6.07) is 7.78. The van der Waals surface area contributed by atoms with Gasteiger partial charge in [-0.2, -0.15) is 13.2 Å². The van der Waals surface area contributed by atoms with Crippen LogP contribution in [0, 0.1) is 0 Å². The predicted octanol–water partition coefficient (Wildman–Crippen LogP) is 3.76. The van der Waals surface area contributed by atoms with Gasteiger partial charge >= 0.3 is 6.18 Å². The van der Waals surface area contributed by atoms with Crippen molar-refractivity contribution in [2.45, 2.75) is 12.6 Å². The van der Waals surface area contributed by atoms with E-state index in [0.717, 1.165) is 54.5 Å². The molecule has 1 aromatic carbocycles. The van der Waals surface area contributed by atoms with Gasteiger partial charge in [-0.25, -0.2) is 4.98 Å². The van der Waals surface area contributed by atoms with E-state index in [1.165, 1.54) is 0 Å². The van der Waals surface area contributed by atoms with Crippen molar-refractivity contribution in [2.24, 2.45) is 4.99 Å². The molecular weight excluding hydrogens is 411 g/mol. The SMILES string of the molecule is CN=C(NCCc1nc(C(F)(F)F)cs1)N1CCN(c2cccc(Cl)c2)CC1. The Labute approximate surface area is 170 Å². The molecule has 152 valence electrons. The molecule has 1 fully saturated rings. The molecule has 1 aliphatic rings. The summed E-state index contributed by atoms with van der Waals surface area (Å²) >= 11 is 7.10. The molecule has 1 N–H and O–H groups in total. The summed E-state index contributed by atoms with van der Waals surface area (Å²) in [5.74, 6) is 0.748. The van der Waals surface area contributed by atoms with Crippen molar-refractivity contribution in [3.8, 4) is 0 Å². The number of piperazine rings is 1. The maximum atomic E-state index is 12.6. The van der Waals surface area contributed by atoms with Crippen molar-refractivity contribution in [3.63, 3.8) is 0 Å². The summed E-state index contributed by atoms with van der Waals surface area (Å²) in [5, 5.41) is 5.45. The number of nitrogens with zero attached hydrogens (tertiary/aromatic N) is 4. The van der Waals surface area contributed by atoms with Crippen LogP contribution in [0.4, 0.5) is 18.9 Å². The van der Waals surface area contributed by atoms with Crippen LogP contribution in [0.15, 0.2) is 34.6 Å². The number of hydrogen-bond acceptors (Lipinski definition) is 4. The van der Waals surface area contributed by atoms with Crippen LogP contribution in [0.25, 0.3) is 0 Å². The van der Waals surface area contributed by atoms with Gasteiger partial charge in [0, 0.05) is 62.3 Å². The fraction of sp³-hybridized carbons (Fsp3) is 0.444. The molecule has 1 aliphatic heterocycles. The van der Waals surface area contributed by atoms with Crippen LogP contribution in [0.5, 0.6) is 0 Å². The van der Waals surface area contributed by atoms with E-state index in [0.29, 0.717) is 23.0 Å². The van der Waals surface area contributed by atoms with E-state index in [1.54, 1.807) is 7.05 Å². The summed E-state index contributed by atoms with van der Waals surface area (Å²) in [5.41, 5.74) is 0.272. The Morgan fingerprint density at radius 1 is 1.29 bits per heavy atom. The molecule has 0 spiro atoms. The van der Waals surface area contributed by atoms with Gasteiger partial charge in [0.2, 0.25) is 0 Å². The zero-order chi connectivity index (χ0) is 20.1. The third kappa shape index (κ3) is 5.29. The fourth-order valence-corrected chi connectivity index (χ4v) is 4.01. The number of benzene rings is 1. The fourth-order valence-electron chi connectivity index (χ4n) is 3.02. The molecule has 0 unspecified atom stereocenters. The highest BCUT2D eigenvalue weighted by molar-refractivity contribution is 7.09. The lowest BCUT2D eigenvalue weighted by Gasteiger charge is -2.37. The number of nitrogens with one attached hydrogen (secondary N) is 1. The van der Waals surface area contributed by atoms with E-state index >= 15 is 0 Å². The molecule has 0 aliphatic carbocycles. The topological polar surface area (TPSA) is 43.8 Å². The number of halogens is 4. The van der Waals surface area contributed by atoms with E-state index in [1.807, 2.05) is 24.3 Å². The number of hydrogen-bond donors (Lipinski definition) is 1. The molecule has 2 aromatic rings. The third-order valence-corrected chi connectivity index (χ3v) is 5.57. The zero-order valence-corrected chi connectivity index (χ0v) is 16.9. The van der Waals surface area contributed by atoms with Crippen LogP contribution in [0.1, 0.15) is 10.7 Å². The van der Waals surface area contributed by atoms with Crippen molar-refractivity contribution in [1.82, 2.24) is 15.2 Å². The van der Waals surface area contributed by atoms with E-state index in [2.05, 4.69) is 25.1 Å². The lowest BCUT2D eigenvalue weighted by molar-refractivity contribution is -0.140. The van der Waals surface area contributed by atoms with Gasteiger partial charge < -0.3 is 15.1 Å². The first-order chi connectivity index (χ1) is 13.4. The molecule has 5 nitrogen and oxygen atoms in total. The Morgan fingerprint density at radius 2 is 2.04 bits per heavy atom. The number of aromatic nitrogens is 1. The third-order valence-electron chi connectivity index (χ3n) is 4.43. The quantitative estimate of drug-likeness (QED) is 0.591. The van der Waals surface area contributed by atoms with E-state index < -0.39 is 11.9 Å². The molecule has 3 rings (SSSR count). The van der Waals surface area contributed by atoms with Gasteiger partial charge in [-0.15, -0.1) is 11.3 Å². The van der Waals surface area contributed by atoms with E-state index in [9.17, 15) is 13.2 Å². The minimum atomic E-state index is -4.39. The summed E-state index contributed by atoms with van der Waals surface area (Å²) in [6.45, 7) is 3.74. The van der Waals surface area contributed by atoms with Crippen molar-refractivity contribution in [3.05, 3.63) is 45.4 Å². The van der Waals surface area contributed by atoms with E-state index in [4.69, 9.17) is 11.6 Å². The highest BCUT2D eigenvalue weighted by Gasteiger charge is 2.33. The molecule has 2 heterocycles. The normalized spacial score (nSPS) is 15.8. The van der Waals surface area contributed by atoms with Gasteiger partial charge in [-0.3, -0.25) is 4.99 Å². The molecule has 1 saturated heterocycles. The molecule has 0 radical (unpaired) electrons. The largest absolute Gasteiger partial charge is 0.434 e. The van der Waals surface area contributed by atoms with Crippen molar-refractivity contribution >= 4 is 34.6 Å². The van der Waals surface area contributed by atoms with Gasteiger partial charge in [0.1, 0.15) is 0 Å². The van der Waals surface area contributed by atoms with Gasteiger partial charge in [0.05, 0.1) is 5.01 Å². The van der Waals surface area contributed by atoms with Crippen LogP contribution in [-0.2, 0) is 12.6 Å². The minimum absolute atomic E-state index is 0.419. The first-order valence-electron chi connectivity index (χ1n) is 8.84. The van der Waals surface area contributed by atoms with Crippen LogP contribution < -0.4 is 10.2 Å². The molecule has 10 heteroatoms. The number of rotatable bonds is 4. The van der Waals surface area contributed by atoms with Crippen LogP contribution in [-0.4, -0.2) is 55.6 Å². The Hall–Kier alpha value is -2.00. The summed E-state index contributed by atoms with van der Waals surface area (Å²) in [6.07, 6.45) is -3.97. The zero-order valence-electron chi connectivity index (χ0n) is 15.3. The highest BCUT2D eigenvalue weighted by atomic mass is 35.5. The smallest absolute Gasteiger partial charge is 0.368 e. The van der Waals surface area contributed by atoms with E-state index in [-0.39, 0.29) is 0 Å². The lowest BCUT2D eigenvalue weighted by atomic mass is 10.2. The average molecular weight is 432 g/mol. The molecule has 1 aromatic heterocycles. The Bertz CT molecular complexity index is 816. The van der Waals surface area contributed by atoms with Crippen LogP contribution >= 0.6 is 22.9 Å². The van der Waals surface area contributed by atoms with Crippen molar-refractivity contribution in [1.29, 1.82) is 0 Å². The standard InChI is InChI=1S/C18H21ClF3N5S/c1-23-17(24-6-5-16-25-15(12-28-16)18(20,21)22)27-9-7-26(8-10-27)14-4-2-3-13(19)11-14/h2-4,11-12H,5-10H2,1H3,(H,23,24). The van der Waals surface area contributed by atoms with Crippen molar-refractivity contribution < 1.29 is 13.2 Å². The first kappa shape index (κ1) is 20.7. The molecule has 28 heavy (non-hydrogen) atoms. The highest BCUT2D eigenvalue weighted by Crippen LogP contribution is 2.30. The minimum Gasteiger partial charge on any atom is -0.368 e.